The fourth-order valence-electron chi connectivity index (χ4n) is 2.28. The molecule has 0 spiro atoms. The Morgan fingerprint density at radius 2 is 1.62 bits per heavy atom. The van der Waals surface area contributed by atoms with E-state index in [1.807, 2.05) is 48.5 Å². The van der Waals surface area contributed by atoms with Gasteiger partial charge >= 0.3 is 0 Å². The zero-order chi connectivity index (χ0) is 14.1. The Morgan fingerprint density at radius 1 is 0.762 bits per heavy atom. The second kappa shape index (κ2) is 5.07. The Kier molecular flexibility index (Phi) is 2.94. The molecule has 0 saturated heterocycles. The first-order valence-corrected chi connectivity index (χ1v) is 7.47. The van der Waals surface area contributed by atoms with Crippen LogP contribution in [0, 0.1) is 0 Å². The number of hydrogen-bond acceptors (Lipinski definition) is 4. The molecule has 3 nitrogen and oxygen atoms in total. The molecule has 0 amide bonds. The van der Waals surface area contributed by atoms with Crippen molar-refractivity contribution in [3.8, 4) is 11.1 Å². The SMILES string of the molecule is c1ccc2ccc(N=Nc3nc4ccccc4s3)c-2cc1. The minimum absolute atomic E-state index is 0.686. The number of benzene rings is 1. The number of hydrogen-bond donors (Lipinski definition) is 0. The molecule has 2 aliphatic carbocycles. The second-order valence-corrected chi connectivity index (χ2v) is 5.67. The first-order valence-electron chi connectivity index (χ1n) is 6.65. The van der Waals surface area contributed by atoms with Crippen molar-refractivity contribution in [3.05, 3.63) is 66.7 Å². The van der Waals surface area contributed by atoms with Crippen LogP contribution in [-0.2, 0) is 0 Å². The van der Waals surface area contributed by atoms with E-state index in [9.17, 15) is 0 Å². The van der Waals surface area contributed by atoms with Crippen LogP contribution in [0.5, 0.6) is 0 Å². The number of rotatable bonds is 2. The molecule has 2 aliphatic rings. The summed E-state index contributed by atoms with van der Waals surface area (Å²) >= 11 is 1.55. The Labute approximate surface area is 126 Å². The van der Waals surface area contributed by atoms with Gasteiger partial charge in [0.1, 0.15) is 0 Å². The highest BCUT2D eigenvalue weighted by Crippen LogP contribution is 2.35. The van der Waals surface area contributed by atoms with Gasteiger partial charge in [-0.15, -0.1) is 10.2 Å². The number of para-hydroxylation sites is 1. The lowest BCUT2D eigenvalue weighted by molar-refractivity contribution is 1.22. The topological polar surface area (TPSA) is 37.6 Å². The summed E-state index contributed by atoms with van der Waals surface area (Å²) in [5.41, 5.74) is 4.11. The number of nitrogens with zero attached hydrogens (tertiary/aromatic N) is 3. The molecule has 0 radical (unpaired) electrons. The molecular formula is C17H11N3S. The summed E-state index contributed by atoms with van der Waals surface area (Å²) in [6.07, 6.45) is 0. The Morgan fingerprint density at radius 3 is 2.57 bits per heavy atom. The third-order valence-electron chi connectivity index (χ3n) is 3.29. The lowest BCUT2D eigenvalue weighted by Gasteiger charge is -1.92. The highest BCUT2D eigenvalue weighted by molar-refractivity contribution is 7.21. The molecule has 0 aliphatic heterocycles. The van der Waals surface area contributed by atoms with Gasteiger partial charge in [-0.25, -0.2) is 4.98 Å². The predicted molar refractivity (Wildman–Crippen MR) is 86.9 cm³/mol. The average Bonchev–Trinajstić information content (AvgIpc) is 3.01. The van der Waals surface area contributed by atoms with E-state index in [0.29, 0.717) is 5.13 Å². The molecule has 0 bridgehead atoms. The molecule has 1 heterocycles. The molecule has 100 valence electrons. The number of azo groups is 1. The standard InChI is InChI=1S/C17H11N3S/c1-2-6-12-10-11-14(13(12)7-3-1)19-20-17-18-15-8-4-5-9-16(15)21-17/h1-11H. The van der Waals surface area contributed by atoms with E-state index < -0.39 is 0 Å². The van der Waals surface area contributed by atoms with Crippen molar-refractivity contribution in [2.24, 2.45) is 10.2 Å². The summed E-state index contributed by atoms with van der Waals surface area (Å²) in [7, 11) is 0. The molecule has 1 aromatic carbocycles. The lowest BCUT2D eigenvalue weighted by Crippen LogP contribution is -1.66. The molecule has 0 atom stereocenters. The van der Waals surface area contributed by atoms with Crippen molar-refractivity contribution in [2.75, 3.05) is 0 Å². The van der Waals surface area contributed by atoms with E-state index in [-0.39, 0.29) is 0 Å². The summed E-state index contributed by atoms with van der Waals surface area (Å²) in [5, 5.41) is 9.34. The number of thiazole rings is 1. The normalized spacial score (nSPS) is 11.6. The molecule has 0 unspecified atom stereocenters. The summed E-state index contributed by atoms with van der Waals surface area (Å²) < 4.78 is 1.13. The predicted octanol–water partition coefficient (Wildman–Crippen LogP) is 5.82. The van der Waals surface area contributed by atoms with Gasteiger partial charge in [0.05, 0.1) is 15.9 Å². The van der Waals surface area contributed by atoms with Crippen molar-refractivity contribution in [1.82, 2.24) is 4.98 Å². The highest BCUT2D eigenvalue weighted by atomic mass is 32.1. The Balaban J connectivity index is 1.71. The molecule has 4 heteroatoms. The van der Waals surface area contributed by atoms with Crippen LogP contribution in [-0.4, -0.2) is 4.98 Å². The highest BCUT2D eigenvalue weighted by Gasteiger charge is 2.07. The molecule has 1 aromatic heterocycles. The summed E-state index contributed by atoms with van der Waals surface area (Å²) in [6.45, 7) is 0. The van der Waals surface area contributed by atoms with E-state index in [1.165, 1.54) is 5.56 Å². The van der Waals surface area contributed by atoms with Gasteiger partial charge < -0.3 is 0 Å². The Hall–Kier alpha value is -2.59. The fourth-order valence-corrected chi connectivity index (χ4v) is 3.07. The molecule has 4 rings (SSSR count). The van der Waals surface area contributed by atoms with E-state index in [0.717, 1.165) is 21.5 Å². The maximum atomic E-state index is 4.46. The Bertz CT molecular complexity index is 878. The van der Waals surface area contributed by atoms with Crippen LogP contribution in [0.2, 0.25) is 0 Å². The first-order chi connectivity index (χ1) is 10.4. The zero-order valence-corrected chi connectivity index (χ0v) is 11.9. The van der Waals surface area contributed by atoms with Crippen LogP contribution in [0.25, 0.3) is 21.3 Å². The van der Waals surface area contributed by atoms with Crippen LogP contribution in [0.4, 0.5) is 10.8 Å². The van der Waals surface area contributed by atoms with Gasteiger partial charge in [0.2, 0.25) is 5.13 Å². The molecule has 21 heavy (non-hydrogen) atoms. The molecule has 0 fully saturated rings. The number of aromatic nitrogens is 1. The van der Waals surface area contributed by atoms with Crippen molar-refractivity contribution in [3.63, 3.8) is 0 Å². The monoisotopic (exact) mass is 289 g/mol. The van der Waals surface area contributed by atoms with Gasteiger partial charge in [-0.05, 0) is 23.8 Å². The third-order valence-corrected chi connectivity index (χ3v) is 4.22. The zero-order valence-electron chi connectivity index (χ0n) is 11.1. The summed E-state index contributed by atoms with van der Waals surface area (Å²) in [6, 6.07) is 22.2. The van der Waals surface area contributed by atoms with Crippen molar-refractivity contribution in [1.29, 1.82) is 0 Å². The van der Waals surface area contributed by atoms with Crippen LogP contribution >= 0.6 is 11.3 Å². The van der Waals surface area contributed by atoms with Crippen LogP contribution in [0.3, 0.4) is 0 Å². The van der Waals surface area contributed by atoms with E-state index in [2.05, 4.69) is 33.4 Å². The van der Waals surface area contributed by atoms with Gasteiger partial charge in [-0.3, -0.25) is 0 Å². The summed E-state index contributed by atoms with van der Waals surface area (Å²) in [4.78, 5) is 4.46. The minimum atomic E-state index is 0.686. The maximum absolute atomic E-state index is 4.46. The van der Waals surface area contributed by atoms with Crippen LogP contribution in [0.15, 0.2) is 77.0 Å². The van der Waals surface area contributed by atoms with Crippen LogP contribution in [0.1, 0.15) is 0 Å². The summed E-state index contributed by atoms with van der Waals surface area (Å²) in [5.74, 6) is 0. The smallest absolute Gasteiger partial charge is 0.217 e. The van der Waals surface area contributed by atoms with Gasteiger partial charge in [-0.1, -0.05) is 59.9 Å². The van der Waals surface area contributed by atoms with Crippen molar-refractivity contribution >= 4 is 32.4 Å². The molecule has 2 aromatic rings. The van der Waals surface area contributed by atoms with Gasteiger partial charge in [0, 0.05) is 5.56 Å². The first kappa shape index (κ1) is 12.2. The molecular weight excluding hydrogens is 278 g/mol. The van der Waals surface area contributed by atoms with E-state index >= 15 is 0 Å². The lowest BCUT2D eigenvalue weighted by atomic mass is 10.2. The average molecular weight is 289 g/mol. The quantitative estimate of drug-likeness (QED) is 0.429. The second-order valence-electron chi connectivity index (χ2n) is 4.66. The van der Waals surface area contributed by atoms with E-state index in [1.54, 1.807) is 11.3 Å². The maximum Gasteiger partial charge on any atom is 0.231 e. The third kappa shape index (κ3) is 2.30. The van der Waals surface area contributed by atoms with E-state index in [4.69, 9.17) is 0 Å². The van der Waals surface area contributed by atoms with Crippen molar-refractivity contribution < 1.29 is 0 Å². The minimum Gasteiger partial charge on any atom is -0.217 e. The molecule has 0 saturated carbocycles. The van der Waals surface area contributed by atoms with Gasteiger partial charge in [0.15, 0.2) is 0 Å². The molecule has 0 N–H and O–H groups in total. The van der Waals surface area contributed by atoms with Crippen LogP contribution < -0.4 is 0 Å². The van der Waals surface area contributed by atoms with Gasteiger partial charge in [0.25, 0.3) is 0 Å². The largest absolute Gasteiger partial charge is 0.231 e. The fraction of sp³-hybridized carbons (Fsp3) is 0. The van der Waals surface area contributed by atoms with Gasteiger partial charge in [-0.2, -0.15) is 0 Å². The van der Waals surface area contributed by atoms with Crippen molar-refractivity contribution in [2.45, 2.75) is 0 Å². The number of fused-ring (bicyclic) bond motifs is 2.